The van der Waals surface area contributed by atoms with Crippen LogP contribution in [0.25, 0.3) is 10.9 Å². The van der Waals surface area contributed by atoms with Crippen LogP contribution in [0, 0.1) is 0 Å². The summed E-state index contributed by atoms with van der Waals surface area (Å²) in [6, 6.07) is 17.5. The predicted octanol–water partition coefficient (Wildman–Crippen LogP) is 3.03. The Morgan fingerprint density at radius 3 is 2.64 bits per heavy atom. The summed E-state index contributed by atoms with van der Waals surface area (Å²) in [5.74, 6) is -0.403. The highest BCUT2D eigenvalue weighted by atomic mass is 16.5. The van der Waals surface area contributed by atoms with Gasteiger partial charge in [0.2, 0.25) is 5.91 Å². The Morgan fingerprint density at radius 1 is 1.11 bits per heavy atom. The third-order valence-electron chi connectivity index (χ3n) is 5.09. The summed E-state index contributed by atoms with van der Waals surface area (Å²) in [5.41, 5.74) is 2.37. The van der Waals surface area contributed by atoms with Crippen LogP contribution in [0.3, 0.4) is 0 Å². The first-order valence-corrected chi connectivity index (χ1v) is 9.28. The molecule has 2 heterocycles. The molecular formula is C22H22N2O4. The van der Waals surface area contributed by atoms with Crippen LogP contribution >= 0.6 is 0 Å². The van der Waals surface area contributed by atoms with Gasteiger partial charge in [0.05, 0.1) is 25.8 Å². The van der Waals surface area contributed by atoms with Crippen molar-refractivity contribution in [3.8, 4) is 0 Å². The monoisotopic (exact) mass is 378 g/mol. The molecule has 1 atom stereocenters. The minimum atomic E-state index is -0.405. The molecule has 1 aromatic heterocycles. The van der Waals surface area contributed by atoms with E-state index in [4.69, 9.17) is 9.47 Å². The highest BCUT2D eigenvalue weighted by Crippen LogP contribution is 2.24. The first-order valence-electron chi connectivity index (χ1n) is 9.28. The third-order valence-corrected chi connectivity index (χ3v) is 5.09. The number of nitrogens with zero attached hydrogens (tertiary/aromatic N) is 2. The molecule has 0 aliphatic carbocycles. The molecular weight excluding hydrogens is 356 g/mol. The van der Waals surface area contributed by atoms with E-state index in [0.29, 0.717) is 25.3 Å². The van der Waals surface area contributed by atoms with Crippen molar-refractivity contribution in [3.63, 3.8) is 0 Å². The standard InChI is InChI=1S/C22H22N2O4/c1-27-22(26)18-13-24(19-10-6-5-9-17(18)19)15-21(25)23-11-12-28-20(14-23)16-7-3-2-4-8-16/h2-10,13,20H,11-12,14-15H2,1H3. The fourth-order valence-electron chi connectivity index (χ4n) is 3.64. The smallest absolute Gasteiger partial charge is 0.340 e. The molecule has 3 aromatic rings. The lowest BCUT2D eigenvalue weighted by Gasteiger charge is -2.33. The number of methoxy groups -OCH3 is 1. The van der Waals surface area contributed by atoms with Crippen LogP contribution < -0.4 is 0 Å². The van der Waals surface area contributed by atoms with Gasteiger partial charge in [-0.3, -0.25) is 4.79 Å². The van der Waals surface area contributed by atoms with Crippen molar-refractivity contribution in [1.82, 2.24) is 9.47 Å². The van der Waals surface area contributed by atoms with E-state index in [-0.39, 0.29) is 18.6 Å². The number of morpholine rings is 1. The largest absolute Gasteiger partial charge is 0.465 e. The summed E-state index contributed by atoms with van der Waals surface area (Å²) < 4.78 is 12.5. The van der Waals surface area contributed by atoms with Gasteiger partial charge in [-0.25, -0.2) is 4.79 Å². The van der Waals surface area contributed by atoms with E-state index >= 15 is 0 Å². The summed E-state index contributed by atoms with van der Waals surface area (Å²) in [6.45, 7) is 1.75. The van der Waals surface area contributed by atoms with Crippen LogP contribution in [0.2, 0.25) is 0 Å². The van der Waals surface area contributed by atoms with Gasteiger partial charge in [0.15, 0.2) is 0 Å². The van der Waals surface area contributed by atoms with Crippen LogP contribution in [0.5, 0.6) is 0 Å². The Bertz CT molecular complexity index is 996. The Morgan fingerprint density at radius 2 is 1.86 bits per heavy atom. The maximum absolute atomic E-state index is 13.0. The van der Waals surface area contributed by atoms with Crippen LogP contribution in [0.15, 0.2) is 60.8 Å². The predicted molar refractivity (Wildman–Crippen MR) is 105 cm³/mol. The summed E-state index contributed by atoms with van der Waals surface area (Å²) in [6.07, 6.45) is 1.58. The summed E-state index contributed by atoms with van der Waals surface area (Å²) in [5, 5.41) is 0.784. The molecule has 0 saturated carbocycles. The number of esters is 1. The molecule has 6 nitrogen and oxygen atoms in total. The molecule has 6 heteroatoms. The van der Waals surface area contributed by atoms with E-state index in [1.165, 1.54) is 7.11 Å². The van der Waals surface area contributed by atoms with E-state index in [2.05, 4.69) is 0 Å². The zero-order chi connectivity index (χ0) is 19.5. The Kier molecular flexibility index (Phi) is 5.12. The zero-order valence-corrected chi connectivity index (χ0v) is 15.7. The molecule has 1 fully saturated rings. The number of hydrogen-bond donors (Lipinski definition) is 0. The first-order chi connectivity index (χ1) is 13.7. The lowest BCUT2D eigenvalue weighted by atomic mass is 10.1. The van der Waals surface area contributed by atoms with Crippen molar-refractivity contribution in [3.05, 3.63) is 71.9 Å². The number of carbonyl (C=O) groups excluding carboxylic acids is 2. The van der Waals surface area contributed by atoms with Crippen LogP contribution in [0.1, 0.15) is 22.0 Å². The van der Waals surface area contributed by atoms with Gasteiger partial charge in [0.25, 0.3) is 0 Å². The Labute approximate surface area is 163 Å². The molecule has 4 rings (SSSR count). The van der Waals surface area contributed by atoms with E-state index in [1.54, 1.807) is 6.20 Å². The second-order valence-corrected chi connectivity index (χ2v) is 6.79. The molecule has 2 aromatic carbocycles. The lowest BCUT2D eigenvalue weighted by molar-refractivity contribution is -0.139. The van der Waals surface area contributed by atoms with Crippen LogP contribution in [0.4, 0.5) is 0 Å². The average molecular weight is 378 g/mol. The van der Waals surface area contributed by atoms with E-state index in [0.717, 1.165) is 16.5 Å². The summed E-state index contributed by atoms with van der Waals surface area (Å²) in [4.78, 5) is 26.9. The van der Waals surface area contributed by atoms with Gasteiger partial charge in [0.1, 0.15) is 12.6 Å². The zero-order valence-electron chi connectivity index (χ0n) is 15.7. The molecule has 0 radical (unpaired) electrons. The summed E-state index contributed by atoms with van der Waals surface area (Å²) >= 11 is 0. The molecule has 1 amide bonds. The number of carbonyl (C=O) groups is 2. The molecule has 0 bridgehead atoms. The topological polar surface area (TPSA) is 60.8 Å². The van der Waals surface area contributed by atoms with Crippen molar-refractivity contribution in [2.75, 3.05) is 26.8 Å². The molecule has 1 aliphatic rings. The number of fused-ring (bicyclic) bond motifs is 1. The molecule has 28 heavy (non-hydrogen) atoms. The number of aromatic nitrogens is 1. The second-order valence-electron chi connectivity index (χ2n) is 6.79. The molecule has 1 saturated heterocycles. The fourth-order valence-corrected chi connectivity index (χ4v) is 3.64. The van der Waals surface area contributed by atoms with Crippen molar-refractivity contribution >= 4 is 22.8 Å². The van der Waals surface area contributed by atoms with Gasteiger partial charge in [0, 0.05) is 23.6 Å². The number of benzene rings is 2. The minimum absolute atomic E-state index is 0.00130. The van der Waals surface area contributed by atoms with Gasteiger partial charge in [-0.2, -0.15) is 0 Å². The van der Waals surface area contributed by atoms with E-state index in [1.807, 2.05) is 64.1 Å². The number of para-hydroxylation sites is 1. The molecule has 0 N–H and O–H groups in total. The quantitative estimate of drug-likeness (QED) is 0.655. The van der Waals surface area contributed by atoms with Gasteiger partial charge in [-0.05, 0) is 11.6 Å². The van der Waals surface area contributed by atoms with Crippen molar-refractivity contribution in [2.45, 2.75) is 12.6 Å². The van der Waals surface area contributed by atoms with Crippen molar-refractivity contribution in [2.24, 2.45) is 0 Å². The van der Waals surface area contributed by atoms with Gasteiger partial charge in [-0.15, -0.1) is 0 Å². The molecule has 144 valence electrons. The SMILES string of the molecule is COC(=O)c1cn(CC(=O)N2CCOC(c3ccccc3)C2)c2ccccc12. The summed E-state index contributed by atoms with van der Waals surface area (Å²) in [7, 11) is 1.36. The van der Waals surface area contributed by atoms with E-state index < -0.39 is 5.97 Å². The molecule has 1 aliphatic heterocycles. The van der Waals surface area contributed by atoms with Crippen molar-refractivity contribution < 1.29 is 19.1 Å². The average Bonchev–Trinajstić information content (AvgIpc) is 3.12. The number of ether oxygens (including phenoxy) is 2. The van der Waals surface area contributed by atoms with Crippen molar-refractivity contribution in [1.29, 1.82) is 0 Å². The maximum Gasteiger partial charge on any atom is 0.340 e. The normalized spacial score (nSPS) is 16.9. The lowest BCUT2D eigenvalue weighted by Crippen LogP contribution is -2.43. The molecule has 1 unspecified atom stereocenters. The fraction of sp³-hybridized carbons (Fsp3) is 0.273. The number of hydrogen-bond acceptors (Lipinski definition) is 4. The minimum Gasteiger partial charge on any atom is -0.465 e. The first kappa shape index (κ1) is 18.3. The highest BCUT2D eigenvalue weighted by Gasteiger charge is 2.26. The maximum atomic E-state index is 13.0. The van der Waals surface area contributed by atoms with Gasteiger partial charge < -0.3 is 18.9 Å². The third kappa shape index (κ3) is 3.51. The Balaban J connectivity index is 1.54. The number of rotatable bonds is 4. The van der Waals surface area contributed by atoms with Crippen LogP contribution in [-0.4, -0.2) is 48.1 Å². The Hall–Kier alpha value is -3.12. The van der Waals surface area contributed by atoms with Gasteiger partial charge in [-0.1, -0.05) is 48.5 Å². The highest BCUT2D eigenvalue weighted by molar-refractivity contribution is 6.04. The van der Waals surface area contributed by atoms with Gasteiger partial charge >= 0.3 is 5.97 Å². The van der Waals surface area contributed by atoms with Crippen LogP contribution in [-0.2, 0) is 20.8 Å². The molecule has 0 spiro atoms. The van der Waals surface area contributed by atoms with E-state index in [9.17, 15) is 9.59 Å². The second kappa shape index (κ2) is 7.86. The number of amides is 1.